The summed E-state index contributed by atoms with van der Waals surface area (Å²) in [7, 11) is 2.81. The van der Waals surface area contributed by atoms with Crippen LogP contribution in [0.15, 0.2) is 36.4 Å². The Hall–Kier alpha value is -1.13. The van der Waals surface area contributed by atoms with Gasteiger partial charge in [-0.25, -0.2) is 0 Å². The summed E-state index contributed by atoms with van der Waals surface area (Å²) in [5.41, 5.74) is 8.65. The van der Waals surface area contributed by atoms with E-state index in [2.05, 4.69) is 66.4 Å². The van der Waals surface area contributed by atoms with E-state index in [4.69, 9.17) is 0 Å². The Kier molecular flexibility index (Phi) is 2.61. The van der Waals surface area contributed by atoms with Crippen LogP contribution in [0.1, 0.15) is 36.1 Å². The molecular weight excluding hydrogens is 235 g/mol. The molecule has 18 heavy (non-hydrogen) atoms. The Morgan fingerprint density at radius 3 is 2.22 bits per heavy atom. The van der Waals surface area contributed by atoms with Gasteiger partial charge in [0.25, 0.3) is 0 Å². The van der Waals surface area contributed by atoms with Gasteiger partial charge in [-0.1, -0.05) is 55.8 Å². The zero-order valence-corrected chi connectivity index (χ0v) is 12.4. The highest BCUT2D eigenvalue weighted by molar-refractivity contribution is 7.15. The van der Waals surface area contributed by atoms with Crippen molar-refractivity contribution in [3.8, 4) is 11.1 Å². The van der Waals surface area contributed by atoms with E-state index in [9.17, 15) is 0 Å². The van der Waals surface area contributed by atoms with Crippen molar-refractivity contribution in [1.82, 2.24) is 0 Å². The molecule has 0 heterocycles. The average molecular weight is 254 g/mol. The molecule has 0 spiro atoms. The smallest absolute Gasteiger partial charge is 0.0159 e. The topological polar surface area (TPSA) is 0 Å². The number of aryl methyl sites for hydroxylation is 1. The lowest BCUT2D eigenvalue weighted by Crippen LogP contribution is -2.15. The second-order valence-corrected chi connectivity index (χ2v) is 6.17. The summed E-state index contributed by atoms with van der Waals surface area (Å²) in [5, 5.41) is 0. The van der Waals surface area contributed by atoms with Gasteiger partial charge in [0.2, 0.25) is 0 Å². The van der Waals surface area contributed by atoms with Crippen LogP contribution in [-0.4, -0.2) is 0 Å². The maximum Gasteiger partial charge on any atom is 0.0159 e. The largest absolute Gasteiger partial charge is 0.133 e. The van der Waals surface area contributed by atoms with Gasteiger partial charge in [0.15, 0.2) is 0 Å². The van der Waals surface area contributed by atoms with Gasteiger partial charge in [0.1, 0.15) is 0 Å². The molecule has 0 N–H and O–H groups in total. The summed E-state index contributed by atoms with van der Waals surface area (Å²) >= 11 is 0. The first kappa shape index (κ1) is 11.9. The zero-order valence-electron chi connectivity index (χ0n) is 11.2. The fraction of sp³-hybridized carbons (Fsp3) is 0.294. The van der Waals surface area contributed by atoms with Crippen LogP contribution < -0.4 is 0 Å². The number of rotatable bonds is 1. The third-order valence-corrected chi connectivity index (χ3v) is 4.60. The molecule has 0 fully saturated rings. The maximum atomic E-state index is 2.81. The van der Waals surface area contributed by atoms with Gasteiger partial charge >= 0.3 is 0 Å². The lowest BCUT2D eigenvalue weighted by atomic mass is 9.81. The van der Waals surface area contributed by atoms with Crippen molar-refractivity contribution in [3.05, 3.63) is 58.7 Å². The number of hydrogen-bond donors (Lipinski definition) is 0. The molecule has 0 radical (unpaired) electrons. The Morgan fingerprint density at radius 1 is 0.944 bits per heavy atom. The minimum Gasteiger partial charge on any atom is -0.133 e. The van der Waals surface area contributed by atoms with Gasteiger partial charge in [-0.2, -0.15) is 0 Å². The summed E-state index contributed by atoms with van der Waals surface area (Å²) in [6.45, 7) is 6.85. The molecule has 1 aliphatic carbocycles. The normalized spacial score (nSPS) is 15.3. The molecule has 0 amide bonds. The van der Waals surface area contributed by atoms with Crippen molar-refractivity contribution in [2.24, 2.45) is 0 Å². The third-order valence-electron chi connectivity index (χ3n) is 4.13. The van der Waals surface area contributed by atoms with Gasteiger partial charge in [-0.05, 0) is 40.9 Å². The van der Waals surface area contributed by atoms with Crippen molar-refractivity contribution in [2.45, 2.75) is 32.3 Å². The predicted molar refractivity (Wildman–Crippen MR) is 82.2 cm³/mol. The summed E-state index contributed by atoms with van der Waals surface area (Å²) in [4.78, 5) is 0. The van der Waals surface area contributed by atoms with Crippen LogP contribution in [0.3, 0.4) is 0 Å². The highest BCUT2D eigenvalue weighted by atomic mass is 31.0. The van der Waals surface area contributed by atoms with Crippen LogP contribution in [0.2, 0.25) is 0 Å². The number of benzene rings is 2. The molecule has 0 bridgehead atoms. The van der Waals surface area contributed by atoms with E-state index in [1.54, 1.807) is 0 Å². The molecule has 2 aromatic rings. The molecular formula is C17H19P. The fourth-order valence-electron chi connectivity index (χ4n) is 3.03. The second kappa shape index (κ2) is 3.93. The lowest BCUT2D eigenvalue weighted by molar-refractivity contribution is 0.659. The quantitative estimate of drug-likeness (QED) is 0.648. The minimum absolute atomic E-state index is 0.131. The van der Waals surface area contributed by atoms with Crippen LogP contribution >= 0.6 is 9.24 Å². The maximum absolute atomic E-state index is 2.81. The number of hydrogen-bond acceptors (Lipinski definition) is 0. The monoisotopic (exact) mass is 254 g/mol. The Bertz CT molecular complexity index is 624. The molecule has 0 aliphatic heterocycles. The van der Waals surface area contributed by atoms with E-state index in [0.717, 1.165) is 6.16 Å². The molecule has 1 unspecified atom stereocenters. The fourth-order valence-corrected chi connectivity index (χ4v) is 3.28. The van der Waals surface area contributed by atoms with Gasteiger partial charge < -0.3 is 0 Å². The van der Waals surface area contributed by atoms with Crippen LogP contribution in [-0.2, 0) is 11.6 Å². The van der Waals surface area contributed by atoms with Crippen LogP contribution in [0.4, 0.5) is 0 Å². The Labute approximate surface area is 112 Å². The van der Waals surface area contributed by atoms with Gasteiger partial charge in [0.05, 0.1) is 0 Å². The van der Waals surface area contributed by atoms with Crippen LogP contribution in [0.25, 0.3) is 11.1 Å². The van der Waals surface area contributed by atoms with Crippen molar-refractivity contribution < 1.29 is 0 Å². The molecule has 0 saturated heterocycles. The van der Waals surface area contributed by atoms with Crippen molar-refractivity contribution >= 4 is 9.24 Å². The predicted octanol–water partition coefficient (Wildman–Crippen LogP) is 4.68. The molecule has 3 rings (SSSR count). The zero-order chi connectivity index (χ0) is 12.9. The van der Waals surface area contributed by atoms with E-state index in [-0.39, 0.29) is 5.41 Å². The molecule has 2 aromatic carbocycles. The summed E-state index contributed by atoms with van der Waals surface area (Å²) in [6.07, 6.45) is 1.03. The SMILES string of the molecule is Cc1ccc2c(c1)C(C)(C)c1cc(CP)ccc1-2. The summed E-state index contributed by atoms with van der Waals surface area (Å²) in [6, 6.07) is 13.7. The van der Waals surface area contributed by atoms with Crippen molar-refractivity contribution in [3.63, 3.8) is 0 Å². The van der Waals surface area contributed by atoms with E-state index in [1.165, 1.54) is 33.4 Å². The van der Waals surface area contributed by atoms with Gasteiger partial charge in [-0.3, -0.25) is 0 Å². The first-order chi connectivity index (χ1) is 8.54. The molecule has 0 saturated carbocycles. The molecule has 1 heteroatoms. The Balaban J connectivity index is 2.31. The highest BCUT2D eigenvalue weighted by Crippen LogP contribution is 2.49. The van der Waals surface area contributed by atoms with E-state index < -0.39 is 0 Å². The number of fused-ring (bicyclic) bond motifs is 3. The molecule has 1 aliphatic rings. The van der Waals surface area contributed by atoms with Crippen LogP contribution in [0.5, 0.6) is 0 Å². The third kappa shape index (κ3) is 1.56. The molecule has 1 atom stereocenters. The van der Waals surface area contributed by atoms with E-state index >= 15 is 0 Å². The van der Waals surface area contributed by atoms with Gasteiger partial charge in [-0.15, -0.1) is 9.24 Å². The minimum atomic E-state index is 0.131. The summed E-state index contributed by atoms with van der Waals surface area (Å²) in [5.74, 6) is 0. The lowest BCUT2D eigenvalue weighted by Gasteiger charge is -2.22. The standard InChI is InChI=1S/C17H19P/c1-11-4-6-13-14-7-5-12(10-18)9-16(14)17(2,3)15(13)8-11/h4-9H,10,18H2,1-3H3. The first-order valence-electron chi connectivity index (χ1n) is 6.49. The van der Waals surface area contributed by atoms with Gasteiger partial charge in [0, 0.05) is 5.41 Å². The second-order valence-electron chi connectivity index (χ2n) is 5.76. The van der Waals surface area contributed by atoms with Crippen molar-refractivity contribution in [2.75, 3.05) is 0 Å². The molecule has 92 valence electrons. The average Bonchev–Trinajstić information content (AvgIpc) is 2.58. The van der Waals surface area contributed by atoms with Crippen molar-refractivity contribution in [1.29, 1.82) is 0 Å². The van der Waals surface area contributed by atoms with E-state index in [1.807, 2.05) is 0 Å². The summed E-state index contributed by atoms with van der Waals surface area (Å²) < 4.78 is 0. The first-order valence-corrected chi connectivity index (χ1v) is 7.30. The molecule has 0 nitrogen and oxygen atoms in total. The van der Waals surface area contributed by atoms with E-state index in [0.29, 0.717) is 0 Å². The Morgan fingerprint density at radius 2 is 1.56 bits per heavy atom. The van der Waals surface area contributed by atoms with Crippen LogP contribution in [0, 0.1) is 6.92 Å². The highest BCUT2D eigenvalue weighted by Gasteiger charge is 2.35. The molecule has 0 aromatic heterocycles.